The zero-order valence-corrected chi connectivity index (χ0v) is 15.0. The number of epoxide rings is 1. The van der Waals surface area contributed by atoms with E-state index in [0.717, 1.165) is 26.1 Å². The normalized spacial score (nSPS) is 16.6. The summed E-state index contributed by atoms with van der Waals surface area (Å²) in [5.74, 6) is 0. The van der Waals surface area contributed by atoms with E-state index in [4.69, 9.17) is 33.2 Å². The van der Waals surface area contributed by atoms with Crippen molar-refractivity contribution >= 4 is 0 Å². The molecular weight excluding hydrogens is 316 g/mol. The van der Waals surface area contributed by atoms with E-state index in [1.54, 1.807) is 0 Å². The van der Waals surface area contributed by atoms with Crippen LogP contribution in [0.4, 0.5) is 0 Å². The van der Waals surface area contributed by atoms with Gasteiger partial charge in [0.1, 0.15) is 6.10 Å². The molecule has 0 spiro atoms. The Morgan fingerprint density at radius 1 is 0.625 bits per heavy atom. The summed E-state index contributed by atoms with van der Waals surface area (Å²) in [5, 5.41) is 0. The molecular formula is C17H34O7. The molecule has 24 heavy (non-hydrogen) atoms. The van der Waals surface area contributed by atoms with Gasteiger partial charge in [-0.2, -0.15) is 0 Å². The standard InChI is InChI=1S/C17H34O7/c1-2-3-4-18-5-6-19-7-8-20-9-10-21-11-12-22-13-14-23-15-17-16-24-17/h17H,2-16H2,1H3. The summed E-state index contributed by atoms with van der Waals surface area (Å²) in [4.78, 5) is 0. The molecule has 0 N–H and O–H groups in total. The first-order valence-corrected chi connectivity index (χ1v) is 9.01. The van der Waals surface area contributed by atoms with E-state index in [1.807, 2.05) is 0 Å². The highest BCUT2D eigenvalue weighted by Crippen LogP contribution is 2.07. The van der Waals surface area contributed by atoms with Crippen molar-refractivity contribution in [1.82, 2.24) is 0 Å². The molecule has 1 fully saturated rings. The third kappa shape index (κ3) is 16.6. The van der Waals surface area contributed by atoms with Crippen LogP contribution in [0.1, 0.15) is 19.8 Å². The van der Waals surface area contributed by atoms with Crippen molar-refractivity contribution in [3.63, 3.8) is 0 Å². The summed E-state index contributed by atoms with van der Waals surface area (Å²) in [7, 11) is 0. The molecule has 144 valence electrons. The van der Waals surface area contributed by atoms with Gasteiger partial charge in [0.25, 0.3) is 0 Å². The van der Waals surface area contributed by atoms with Crippen LogP contribution in [0.5, 0.6) is 0 Å². The van der Waals surface area contributed by atoms with Crippen molar-refractivity contribution in [2.75, 3.05) is 85.9 Å². The van der Waals surface area contributed by atoms with Crippen molar-refractivity contribution < 1.29 is 33.2 Å². The van der Waals surface area contributed by atoms with Crippen LogP contribution in [-0.4, -0.2) is 92.0 Å². The largest absolute Gasteiger partial charge is 0.379 e. The zero-order chi connectivity index (χ0) is 17.1. The zero-order valence-electron chi connectivity index (χ0n) is 15.0. The van der Waals surface area contributed by atoms with E-state index in [0.29, 0.717) is 78.8 Å². The second-order valence-corrected chi connectivity index (χ2v) is 5.45. The molecule has 0 aromatic carbocycles. The number of rotatable bonds is 20. The third-order valence-electron chi connectivity index (χ3n) is 3.21. The Hall–Kier alpha value is -0.280. The van der Waals surface area contributed by atoms with Crippen molar-refractivity contribution in [2.24, 2.45) is 0 Å². The molecule has 1 saturated heterocycles. The molecule has 1 rings (SSSR count). The maximum Gasteiger partial charge on any atom is 0.104 e. The molecule has 1 aliphatic heterocycles. The number of ether oxygens (including phenoxy) is 7. The van der Waals surface area contributed by atoms with E-state index in [2.05, 4.69) is 6.92 Å². The first-order valence-electron chi connectivity index (χ1n) is 9.01. The highest BCUT2D eigenvalue weighted by atomic mass is 16.6. The summed E-state index contributed by atoms with van der Waals surface area (Å²) in [5.41, 5.74) is 0. The van der Waals surface area contributed by atoms with E-state index in [9.17, 15) is 0 Å². The average Bonchev–Trinajstić information content (AvgIpc) is 3.41. The number of hydrogen-bond acceptors (Lipinski definition) is 7. The fraction of sp³-hybridized carbons (Fsp3) is 1.00. The highest BCUT2D eigenvalue weighted by molar-refractivity contribution is 4.66. The van der Waals surface area contributed by atoms with Gasteiger partial charge in [0.2, 0.25) is 0 Å². The fourth-order valence-electron chi connectivity index (χ4n) is 1.73. The minimum absolute atomic E-state index is 0.317. The summed E-state index contributed by atoms with van der Waals surface area (Å²) in [6.07, 6.45) is 2.59. The molecule has 0 aromatic heterocycles. The summed E-state index contributed by atoms with van der Waals surface area (Å²) < 4.78 is 37.4. The molecule has 0 aliphatic carbocycles. The van der Waals surface area contributed by atoms with Gasteiger partial charge in [-0.3, -0.25) is 0 Å². The van der Waals surface area contributed by atoms with Gasteiger partial charge in [0.05, 0.1) is 79.3 Å². The SMILES string of the molecule is CCCCOCCOCCOCCOCCOCCOCC1CO1. The maximum absolute atomic E-state index is 5.40. The van der Waals surface area contributed by atoms with Gasteiger partial charge in [-0.15, -0.1) is 0 Å². The Labute approximate surface area is 145 Å². The monoisotopic (exact) mass is 350 g/mol. The van der Waals surface area contributed by atoms with E-state index < -0.39 is 0 Å². The molecule has 0 bridgehead atoms. The Morgan fingerprint density at radius 3 is 1.38 bits per heavy atom. The molecule has 0 amide bonds. The van der Waals surface area contributed by atoms with Crippen LogP contribution in [-0.2, 0) is 33.2 Å². The lowest BCUT2D eigenvalue weighted by Gasteiger charge is -2.08. The Morgan fingerprint density at radius 2 is 1.00 bits per heavy atom. The quantitative estimate of drug-likeness (QED) is 0.242. The van der Waals surface area contributed by atoms with Crippen LogP contribution >= 0.6 is 0 Å². The van der Waals surface area contributed by atoms with Gasteiger partial charge < -0.3 is 33.2 Å². The van der Waals surface area contributed by atoms with Crippen LogP contribution in [0.3, 0.4) is 0 Å². The Kier molecular flexibility index (Phi) is 15.9. The Bertz CT molecular complexity index is 249. The number of hydrogen-bond donors (Lipinski definition) is 0. The van der Waals surface area contributed by atoms with E-state index >= 15 is 0 Å². The molecule has 7 heteroatoms. The molecule has 0 aromatic rings. The van der Waals surface area contributed by atoms with Gasteiger partial charge in [0, 0.05) is 6.61 Å². The highest BCUT2D eigenvalue weighted by Gasteiger charge is 2.21. The average molecular weight is 350 g/mol. The van der Waals surface area contributed by atoms with Crippen molar-refractivity contribution in [3.05, 3.63) is 0 Å². The maximum atomic E-state index is 5.40. The first-order chi connectivity index (χ1) is 11.9. The second-order valence-electron chi connectivity index (χ2n) is 5.45. The number of unbranched alkanes of at least 4 members (excludes halogenated alkanes) is 1. The molecule has 1 aliphatic rings. The third-order valence-corrected chi connectivity index (χ3v) is 3.21. The topological polar surface area (TPSA) is 67.9 Å². The predicted octanol–water partition coefficient (Wildman–Crippen LogP) is 1.28. The van der Waals surface area contributed by atoms with Crippen LogP contribution in [0.2, 0.25) is 0 Å². The Balaban J connectivity index is 1.59. The van der Waals surface area contributed by atoms with Gasteiger partial charge >= 0.3 is 0 Å². The minimum atomic E-state index is 0.317. The van der Waals surface area contributed by atoms with Crippen molar-refractivity contribution in [1.29, 1.82) is 0 Å². The van der Waals surface area contributed by atoms with Crippen molar-refractivity contribution in [2.45, 2.75) is 25.9 Å². The lowest BCUT2D eigenvalue weighted by Crippen LogP contribution is -2.14. The van der Waals surface area contributed by atoms with Crippen LogP contribution in [0.25, 0.3) is 0 Å². The minimum Gasteiger partial charge on any atom is -0.379 e. The molecule has 1 unspecified atom stereocenters. The van der Waals surface area contributed by atoms with E-state index in [-0.39, 0.29) is 0 Å². The van der Waals surface area contributed by atoms with E-state index in [1.165, 1.54) is 0 Å². The predicted molar refractivity (Wildman–Crippen MR) is 89.6 cm³/mol. The lowest BCUT2D eigenvalue weighted by atomic mass is 10.4. The lowest BCUT2D eigenvalue weighted by molar-refractivity contribution is -0.0173. The molecule has 1 heterocycles. The van der Waals surface area contributed by atoms with Gasteiger partial charge in [0.15, 0.2) is 0 Å². The first kappa shape index (κ1) is 21.8. The van der Waals surface area contributed by atoms with Crippen LogP contribution in [0, 0.1) is 0 Å². The smallest absolute Gasteiger partial charge is 0.104 e. The second kappa shape index (κ2) is 17.5. The molecule has 7 nitrogen and oxygen atoms in total. The van der Waals surface area contributed by atoms with Gasteiger partial charge in [-0.1, -0.05) is 13.3 Å². The van der Waals surface area contributed by atoms with Crippen LogP contribution < -0.4 is 0 Å². The fourth-order valence-corrected chi connectivity index (χ4v) is 1.73. The summed E-state index contributed by atoms with van der Waals surface area (Å²) in [6, 6.07) is 0. The summed E-state index contributed by atoms with van der Waals surface area (Å²) in [6.45, 7) is 10.4. The molecule has 1 atom stereocenters. The summed E-state index contributed by atoms with van der Waals surface area (Å²) >= 11 is 0. The molecule has 0 radical (unpaired) electrons. The van der Waals surface area contributed by atoms with Crippen molar-refractivity contribution in [3.8, 4) is 0 Å². The molecule has 0 saturated carbocycles. The van der Waals surface area contributed by atoms with Crippen LogP contribution in [0.15, 0.2) is 0 Å². The van der Waals surface area contributed by atoms with Gasteiger partial charge in [-0.25, -0.2) is 0 Å². The van der Waals surface area contributed by atoms with Gasteiger partial charge in [-0.05, 0) is 6.42 Å².